The molecule has 4 nitrogen and oxygen atoms in total. The lowest BCUT2D eigenvalue weighted by molar-refractivity contribution is 0.129. The van der Waals surface area contributed by atoms with Crippen LogP contribution in [0.3, 0.4) is 0 Å². The van der Waals surface area contributed by atoms with Crippen molar-refractivity contribution in [3.05, 3.63) is 18.2 Å². The van der Waals surface area contributed by atoms with Crippen molar-refractivity contribution in [2.45, 2.75) is 38.5 Å². The number of nitrogens with zero attached hydrogens (tertiary/aromatic N) is 2. The quantitative estimate of drug-likeness (QED) is 0.746. The van der Waals surface area contributed by atoms with Crippen molar-refractivity contribution in [3.63, 3.8) is 0 Å². The molecule has 1 fully saturated rings. The Morgan fingerprint density at radius 1 is 1.79 bits per heavy atom. The Balaban J connectivity index is 2.12. The maximum absolute atomic E-state index is 10.1. The number of aliphatic hydroxyl groups is 1. The van der Waals surface area contributed by atoms with Gasteiger partial charge in [-0.2, -0.15) is 0 Å². The highest BCUT2D eigenvalue weighted by Crippen LogP contribution is 2.22. The van der Waals surface area contributed by atoms with E-state index in [-0.39, 0.29) is 6.04 Å². The summed E-state index contributed by atoms with van der Waals surface area (Å²) >= 11 is 0. The minimum absolute atomic E-state index is 0.206. The summed E-state index contributed by atoms with van der Waals surface area (Å²) in [4.78, 5) is 4.06. The average molecular weight is 195 g/mol. The van der Waals surface area contributed by atoms with E-state index in [1.807, 2.05) is 4.57 Å². The molecule has 0 bridgehead atoms. The summed E-state index contributed by atoms with van der Waals surface area (Å²) in [7, 11) is 0. The molecule has 1 aromatic heterocycles. The molecule has 1 saturated heterocycles. The number of nitrogens with one attached hydrogen (secondary N) is 1. The van der Waals surface area contributed by atoms with Crippen LogP contribution in [0.1, 0.15) is 31.6 Å². The summed E-state index contributed by atoms with van der Waals surface area (Å²) in [5.74, 6) is 0. The van der Waals surface area contributed by atoms with Gasteiger partial charge in [-0.3, -0.25) is 0 Å². The Labute approximate surface area is 84.0 Å². The highest BCUT2D eigenvalue weighted by atomic mass is 16.3. The van der Waals surface area contributed by atoms with E-state index in [4.69, 9.17) is 0 Å². The minimum atomic E-state index is -0.417. The predicted octanol–water partition coefficient (Wildman–Crippen LogP) is 0.688. The van der Waals surface area contributed by atoms with Crippen molar-refractivity contribution in [3.8, 4) is 0 Å². The van der Waals surface area contributed by atoms with Crippen molar-refractivity contribution in [2.75, 3.05) is 6.54 Å². The van der Waals surface area contributed by atoms with E-state index < -0.39 is 6.10 Å². The molecule has 0 aliphatic carbocycles. The lowest BCUT2D eigenvalue weighted by atomic mass is 10.1. The van der Waals surface area contributed by atoms with Gasteiger partial charge >= 0.3 is 0 Å². The van der Waals surface area contributed by atoms with Gasteiger partial charge in [0, 0.05) is 12.6 Å². The molecule has 1 aliphatic rings. The first kappa shape index (κ1) is 9.68. The summed E-state index contributed by atoms with van der Waals surface area (Å²) in [5, 5.41) is 13.4. The lowest BCUT2D eigenvalue weighted by Gasteiger charge is -2.19. The van der Waals surface area contributed by atoms with Crippen molar-refractivity contribution >= 4 is 0 Å². The molecule has 4 heteroatoms. The van der Waals surface area contributed by atoms with Crippen LogP contribution >= 0.6 is 0 Å². The van der Waals surface area contributed by atoms with Crippen LogP contribution in [0.25, 0.3) is 0 Å². The van der Waals surface area contributed by atoms with E-state index in [2.05, 4.69) is 17.2 Å². The fourth-order valence-electron chi connectivity index (χ4n) is 2.03. The molecular formula is C10H17N3O. The highest BCUT2D eigenvalue weighted by Gasteiger charge is 2.25. The normalized spacial score (nSPS) is 24.0. The summed E-state index contributed by atoms with van der Waals surface area (Å²) in [6.45, 7) is 3.93. The molecule has 0 radical (unpaired) electrons. The molecule has 0 saturated carbocycles. The van der Waals surface area contributed by atoms with Gasteiger partial charge in [0.1, 0.15) is 6.10 Å². The van der Waals surface area contributed by atoms with Crippen molar-refractivity contribution in [1.82, 2.24) is 14.9 Å². The number of aromatic nitrogens is 2. The van der Waals surface area contributed by atoms with Crippen LogP contribution in [0.2, 0.25) is 0 Å². The van der Waals surface area contributed by atoms with Crippen LogP contribution in [0.4, 0.5) is 0 Å². The molecule has 2 N–H and O–H groups in total. The smallest absolute Gasteiger partial charge is 0.111 e. The standard InChI is InChI=1S/C10H17N3O/c1-2-13-7-11-6-9(13)10(14)8-4-3-5-12-8/h6-8,10,12,14H,2-5H2,1H3. The van der Waals surface area contributed by atoms with Gasteiger partial charge in [0.15, 0.2) is 0 Å². The third-order valence-corrected chi connectivity index (χ3v) is 2.87. The zero-order valence-electron chi connectivity index (χ0n) is 8.48. The van der Waals surface area contributed by atoms with Gasteiger partial charge in [-0.25, -0.2) is 4.98 Å². The van der Waals surface area contributed by atoms with E-state index in [1.165, 1.54) is 0 Å². The fourth-order valence-corrected chi connectivity index (χ4v) is 2.03. The fraction of sp³-hybridized carbons (Fsp3) is 0.700. The number of hydrogen-bond acceptors (Lipinski definition) is 3. The monoisotopic (exact) mass is 195 g/mol. The van der Waals surface area contributed by atoms with Crippen LogP contribution in [-0.4, -0.2) is 27.2 Å². The van der Waals surface area contributed by atoms with Crippen LogP contribution < -0.4 is 5.32 Å². The van der Waals surface area contributed by atoms with Crippen LogP contribution in [0, 0.1) is 0 Å². The van der Waals surface area contributed by atoms with Gasteiger partial charge in [-0.05, 0) is 26.3 Å². The molecule has 2 rings (SSSR count). The first-order chi connectivity index (χ1) is 6.83. The molecule has 0 spiro atoms. The minimum Gasteiger partial charge on any atom is -0.385 e. The Bertz CT molecular complexity index is 291. The predicted molar refractivity (Wildman–Crippen MR) is 53.9 cm³/mol. The van der Waals surface area contributed by atoms with E-state index >= 15 is 0 Å². The number of imidazole rings is 1. The molecule has 1 aromatic rings. The number of rotatable bonds is 3. The first-order valence-corrected chi connectivity index (χ1v) is 5.24. The zero-order valence-corrected chi connectivity index (χ0v) is 8.48. The van der Waals surface area contributed by atoms with Crippen LogP contribution in [-0.2, 0) is 6.54 Å². The third-order valence-electron chi connectivity index (χ3n) is 2.87. The molecule has 1 aliphatic heterocycles. The lowest BCUT2D eigenvalue weighted by Crippen LogP contribution is -2.30. The maximum Gasteiger partial charge on any atom is 0.111 e. The van der Waals surface area contributed by atoms with E-state index in [9.17, 15) is 5.11 Å². The van der Waals surface area contributed by atoms with Gasteiger partial charge in [-0.15, -0.1) is 0 Å². The van der Waals surface area contributed by atoms with E-state index in [0.717, 1.165) is 31.6 Å². The third kappa shape index (κ3) is 1.67. The largest absolute Gasteiger partial charge is 0.385 e. The highest BCUT2D eigenvalue weighted by molar-refractivity contribution is 5.06. The molecule has 14 heavy (non-hydrogen) atoms. The average Bonchev–Trinajstić information content (AvgIpc) is 2.87. The molecule has 2 unspecified atom stereocenters. The Morgan fingerprint density at radius 2 is 2.64 bits per heavy atom. The summed E-state index contributed by atoms with van der Waals surface area (Å²) in [5.41, 5.74) is 0.923. The molecule has 2 atom stereocenters. The van der Waals surface area contributed by atoms with E-state index in [0.29, 0.717) is 0 Å². The van der Waals surface area contributed by atoms with Gasteiger partial charge in [0.25, 0.3) is 0 Å². The Morgan fingerprint density at radius 3 is 3.29 bits per heavy atom. The topological polar surface area (TPSA) is 50.1 Å². The summed E-state index contributed by atoms with van der Waals surface area (Å²) < 4.78 is 1.99. The molecular weight excluding hydrogens is 178 g/mol. The second-order valence-electron chi connectivity index (χ2n) is 3.75. The summed E-state index contributed by atoms with van der Waals surface area (Å²) in [6, 6.07) is 0.206. The summed E-state index contributed by atoms with van der Waals surface area (Å²) in [6.07, 6.45) is 5.32. The molecule has 0 amide bonds. The van der Waals surface area contributed by atoms with Crippen LogP contribution in [0.15, 0.2) is 12.5 Å². The van der Waals surface area contributed by atoms with Gasteiger partial charge in [-0.1, -0.05) is 0 Å². The van der Waals surface area contributed by atoms with Gasteiger partial charge in [0.05, 0.1) is 18.2 Å². The number of aliphatic hydroxyl groups excluding tert-OH is 1. The van der Waals surface area contributed by atoms with E-state index in [1.54, 1.807) is 12.5 Å². The Hall–Kier alpha value is -0.870. The molecule has 78 valence electrons. The maximum atomic E-state index is 10.1. The number of aryl methyl sites for hydroxylation is 1. The SMILES string of the molecule is CCn1cncc1C(O)C1CCCN1. The Kier molecular flexibility index (Phi) is 2.84. The molecule has 0 aromatic carbocycles. The zero-order chi connectivity index (χ0) is 9.97. The van der Waals surface area contributed by atoms with Gasteiger partial charge in [0.2, 0.25) is 0 Å². The second-order valence-corrected chi connectivity index (χ2v) is 3.75. The first-order valence-electron chi connectivity index (χ1n) is 5.24. The number of hydrogen-bond donors (Lipinski definition) is 2. The van der Waals surface area contributed by atoms with Crippen molar-refractivity contribution in [1.29, 1.82) is 0 Å². The van der Waals surface area contributed by atoms with Crippen molar-refractivity contribution < 1.29 is 5.11 Å². The van der Waals surface area contributed by atoms with Crippen LogP contribution in [0.5, 0.6) is 0 Å². The van der Waals surface area contributed by atoms with Crippen molar-refractivity contribution in [2.24, 2.45) is 0 Å². The molecule has 2 heterocycles. The second kappa shape index (κ2) is 4.11. The van der Waals surface area contributed by atoms with Gasteiger partial charge < -0.3 is 15.0 Å².